The first kappa shape index (κ1) is 16.2. The van der Waals surface area contributed by atoms with E-state index >= 15 is 0 Å². The topological polar surface area (TPSA) is 49.4 Å². The Morgan fingerprint density at radius 1 is 1.08 bits per heavy atom. The smallest absolute Gasteiger partial charge is 0.252 e. The minimum Gasteiger partial charge on any atom is -0.351 e. The summed E-state index contributed by atoms with van der Waals surface area (Å²) in [6.45, 7) is 0.322. The third-order valence-electron chi connectivity index (χ3n) is 3.91. The first-order chi connectivity index (χ1) is 11.7. The normalized spacial score (nSPS) is 10.5. The second-order valence-corrected chi connectivity index (χ2v) is 6.25. The number of anilines is 1. The Labute approximate surface area is 144 Å². The summed E-state index contributed by atoms with van der Waals surface area (Å²) in [5.74, 6) is -0.172. The summed E-state index contributed by atoms with van der Waals surface area (Å²) in [4.78, 5) is 26.0. The zero-order chi connectivity index (χ0) is 16.9. The molecule has 0 saturated heterocycles. The van der Waals surface area contributed by atoms with Crippen LogP contribution in [0.1, 0.15) is 16.8 Å². The number of carbonyl (C=O) groups excluding carboxylic acids is 2. The van der Waals surface area contributed by atoms with E-state index in [0.29, 0.717) is 12.1 Å². The highest BCUT2D eigenvalue weighted by Gasteiger charge is 2.14. The summed E-state index contributed by atoms with van der Waals surface area (Å²) < 4.78 is 0. The fourth-order valence-electron chi connectivity index (χ4n) is 2.58. The Hall–Kier alpha value is -2.66. The molecule has 0 unspecified atom stereocenters. The monoisotopic (exact) mass is 338 g/mol. The van der Waals surface area contributed by atoms with Gasteiger partial charge in [-0.25, -0.2) is 0 Å². The van der Waals surface area contributed by atoms with Gasteiger partial charge in [0.1, 0.15) is 0 Å². The van der Waals surface area contributed by atoms with Gasteiger partial charge in [-0.15, -0.1) is 0 Å². The van der Waals surface area contributed by atoms with Crippen LogP contribution in [0.3, 0.4) is 0 Å². The van der Waals surface area contributed by atoms with Gasteiger partial charge in [0.2, 0.25) is 5.91 Å². The van der Waals surface area contributed by atoms with E-state index in [1.54, 1.807) is 23.4 Å². The molecule has 4 nitrogen and oxygen atoms in total. The van der Waals surface area contributed by atoms with Crippen molar-refractivity contribution in [3.05, 3.63) is 64.9 Å². The second-order valence-electron chi connectivity index (χ2n) is 5.47. The molecule has 0 atom stereocenters. The van der Waals surface area contributed by atoms with Crippen molar-refractivity contribution in [1.82, 2.24) is 5.32 Å². The van der Waals surface area contributed by atoms with Crippen molar-refractivity contribution in [3.8, 4) is 0 Å². The lowest BCUT2D eigenvalue weighted by Gasteiger charge is -2.19. The van der Waals surface area contributed by atoms with E-state index in [-0.39, 0.29) is 18.2 Å². The van der Waals surface area contributed by atoms with Crippen molar-refractivity contribution in [3.63, 3.8) is 0 Å². The predicted octanol–water partition coefficient (Wildman–Crippen LogP) is 3.68. The number of thiophene rings is 1. The van der Waals surface area contributed by atoms with Crippen LogP contribution >= 0.6 is 11.3 Å². The third kappa shape index (κ3) is 3.46. The largest absolute Gasteiger partial charge is 0.351 e. The van der Waals surface area contributed by atoms with Crippen molar-refractivity contribution in [2.45, 2.75) is 6.42 Å². The maximum atomic E-state index is 12.4. The van der Waals surface area contributed by atoms with E-state index in [9.17, 15) is 9.59 Å². The minimum atomic E-state index is -0.142. The molecule has 0 spiro atoms. The zero-order valence-corrected chi connectivity index (χ0v) is 14.2. The molecule has 0 aliphatic rings. The minimum absolute atomic E-state index is 0.0306. The summed E-state index contributed by atoms with van der Waals surface area (Å²) in [6, 6.07) is 15.6. The summed E-state index contributed by atoms with van der Waals surface area (Å²) in [7, 11) is 1.77. The number of nitrogens with one attached hydrogen (secondary N) is 1. The molecule has 2 amide bonds. The number of hydrogen-bond acceptors (Lipinski definition) is 3. The van der Waals surface area contributed by atoms with Crippen LogP contribution in [0.5, 0.6) is 0 Å². The molecular formula is C19H18N2O2S. The molecule has 0 saturated carbocycles. The van der Waals surface area contributed by atoms with Crippen molar-refractivity contribution >= 4 is 39.6 Å². The van der Waals surface area contributed by atoms with Crippen LogP contribution in [-0.2, 0) is 4.79 Å². The molecule has 2 aromatic carbocycles. The lowest BCUT2D eigenvalue weighted by molar-refractivity contribution is -0.118. The van der Waals surface area contributed by atoms with Gasteiger partial charge in [0.05, 0.1) is 5.69 Å². The van der Waals surface area contributed by atoms with Crippen LogP contribution in [-0.4, -0.2) is 25.4 Å². The Morgan fingerprint density at radius 3 is 2.67 bits per heavy atom. The van der Waals surface area contributed by atoms with Gasteiger partial charge in [-0.3, -0.25) is 9.59 Å². The fourth-order valence-corrected chi connectivity index (χ4v) is 3.22. The lowest BCUT2D eigenvalue weighted by atomic mass is 10.1. The molecule has 1 heterocycles. The Balaban J connectivity index is 1.63. The van der Waals surface area contributed by atoms with E-state index in [0.717, 1.165) is 16.5 Å². The summed E-state index contributed by atoms with van der Waals surface area (Å²) >= 11 is 1.47. The van der Waals surface area contributed by atoms with Crippen LogP contribution in [0, 0.1) is 0 Å². The van der Waals surface area contributed by atoms with Gasteiger partial charge in [0.15, 0.2) is 0 Å². The van der Waals surface area contributed by atoms with Crippen LogP contribution in [0.4, 0.5) is 5.69 Å². The van der Waals surface area contributed by atoms with Crippen molar-refractivity contribution in [1.29, 1.82) is 0 Å². The molecule has 1 aromatic heterocycles. The number of hydrogen-bond donors (Lipinski definition) is 1. The first-order valence-corrected chi connectivity index (χ1v) is 8.66. The molecule has 0 aliphatic heterocycles. The van der Waals surface area contributed by atoms with Crippen molar-refractivity contribution in [2.75, 3.05) is 18.5 Å². The van der Waals surface area contributed by atoms with E-state index in [2.05, 4.69) is 5.32 Å². The molecular weight excluding hydrogens is 320 g/mol. The molecule has 5 heteroatoms. The molecule has 3 rings (SSSR count). The van der Waals surface area contributed by atoms with Gasteiger partial charge >= 0.3 is 0 Å². The Kier molecular flexibility index (Phi) is 4.91. The second kappa shape index (κ2) is 7.27. The number of benzene rings is 2. The van der Waals surface area contributed by atoms with Crippen LogP contribution < -0.4 is 10.2 Å². The molecule has 0 fully saturated rings. The van der Waals surface area contributed by atoms with Gasteiger partial charge in [0.25, 0.3) is 5.91 Å². The Morgan fingerprint density at radius 2 is 1.88 bits per heavy atom. The predicted molar refractivity (Wildman–Crippen MR) is 98.6 cm³/mol. The lowest BCUT2D eigenvalue weighted by Crippen LogP contribution is -2.32. The Bertz CT molecular complexity index is 853. The quantitative estimate of drug-likeness (QED) is 0.771. The fraction of sp³-hybridized carbons (Fsp3) is 0.158. The van der Waals surface area contributed by atoms with Crippen molar-refractivity contribution in [2.24, 2.45) is 0 Å². The van der Waals surface area contributed by atoms with E-state index in [1.807, 2.05) is 47.8 Å². The molecule has 3 aromatic rings. The van der Waals surface area contributed by atoms with Gasteiger partial charge in [-0.2, -0.15) is 11.3 Å². The highest BCUT2D eigenvalue weighted by molar-refractivity contribution is 7.08. The number of carbonyl (C=O) groups is 2. The summed E-state index contributed by atoms with van der Waals surface area (Å²) in [5.41, 5.74) is 1.51. The third-order valence-corrected chi connectivity index (χ3v) is 4.59. The number of nitrogens with zero attached hydrogens (tertiary/aromatic N) is 1. The van der Waals surface area contributed by atoms with Crippen LogP contribution in [0.25, 0.3) is 10.8 Å². The molecule has 0 bridgehead atoms. The van der Waals surface area contributed by atoms with Gasteiger partial charge in [-0.05, 0) is 22.9 Å². The average molecular weight is 338 g/mol. The zero-order valence-electron chi connectivity index (χ0n) is 13.4. The molecule has 0 radical (unpaired) electrons. The SMILES string of the molecule is CN(C(=O)CCNC(=O)c1ccsc1)c1cccc2ccccc12. The first-order valence-electron chi connectivity index (χ1n) is 7.71. The van der Waals surface area contributed by atoms with E-state index in [1.165, 1.54) is 11.3 Å². The average Bonchev–Trinajstić information content (AvgIpc) is 3.15. The maximum Gasteiger partial charge on any atom is 0.252 e. The maximum absolute atomic E-state index is 12.4. The van der Waals surface area contributed by atoms with Gasteiger partial charge < -0.3 is 10.2 Å². The van der Waals surface area contributed by atoms with Crippen molar-refractivity contribution < 1.29 is 9.59 Å². The van der Waals surface area contributed by atoms with Crippen LogP contribution in [0.2, 0.25) is 0 Å². The number of fused-ring (bicyclic) bond motifs is 1. The van der Waals surface area contributed by atoms with E-state index in [4.69, 9.17) is 0 Å². The summed E-state index contributed by atoms with van der Waals surface area (Å²) in [6.07, 6.45) is 0.260. The molecule has 0 aliphatic carbocycles. The molecule has 1 N–H and O–H groups in total. The molecule has 24 heavy (non-hydrogen) atoms. The molecule has 122 valence electrons. The number of rotatable bonds is 5. The van der Waals surface area contributed by atoms with Gasteiger partial charge in [0, 0.05) is 36.3 Å². The number of amides is 2. The van der Waals surface area contributed by atoms with E-state index < -0.39 is 0 Å². The van der Waals surface area contributed by atoms with Crippen LogP contribution in [0.15, 0.2) is 59.3 Å². The highest BCUT2D eigenvalue weighted by Crippen LogP contribution is 2.26. The highest BCUT2D eigenvalue weighted by atomic mass is 32.1. The standard InChI is InChI=1S/C19H18N2O2S/c1-21(17-8-4-6-14-5-2-3-7-16(14)17)18(22)9-11-20-19(23)15-10-12-24-13-15/h2-8,10,12-13H,9,11H2,1H3,(H,20,23). The summed E-state index contributed by atoms with van der Waals surface area (Å²) in [5, 5.41) is 8.56. The van der Waals surface area contributed by atoms with Gasteiger partial charge in [-0.1, -0.05) is 36.4 Å².